The van der Waals surface area contributed by atoms with Crippen molar-refractivity contribution < 1.29 is 19.1 Å². The van der Waals surface area contributed by atoms with E-state index in [4.69, 9.17) is 32.7 Å². The number of hydrogen-bond acceptors (Lipinski definition) is 4. The summed E-state index contributed by atoms with van der Waals surface area (Å²) in [6.45, 7) is 5.46. The highest BCUT2D eigenvalue weighted by atomic mass is 35.5. The van der Waals surface area contributed by atoms with Crippen LogP contribution in [0.15, 0.2) is 72.8 Å². The van der Waals surface area contributed by atoms with Crippen molar-refractivity contribution in [1.82, 2.24) is 10.2 Å². The third-order valence-electron chi connectivity index (χ3n) is 5.58. The molecule has 0 bridgehead atoms. The van der Waals surface area contributed by atoms with E-state index >= 15 is 0 Å². The second kappa shape index (κ2) is 12.8. The van der Waals surface area contributed by atoms with Gasteiger partial charge in [-0.3, -0.25) is 9.59 Å². The summed E-state index contributed by atoms with van der Waals surface area (Å²) < 4.78 is 11.0. The lowest BCUT2D eigenvalue weighted by molar-refractivity contribution is -0.143. The number of rotatable bonds is 10. The van der Waals surface area contributed by atoms with Gasteiger partial charge in [-0.2, -0.15) is 0 Å². The largest absolute Gasteiger partial charge is 0.497 e. The van der Waals surface area contributed by atoms with E-state index in [9.17, 15) is 9.59 Å². The molecular weight excluding hydrogens is 511 g/mol. The maximum atomic E-state index is 13.7. The van der Waals surface area contributed by atoms with E-state index in [1.165, 1.54) is 4.90 Å². The van der Waals surface area contributed by atoms with Crippen LogP contribution < -0.4 is 14.8 Å². The number of amides is 2. The van der Waals surface area contributed by atoms with Crippen LogP contribution in [0.5, 0.6) is 11.5 Å². The first-order valence-electron chi connectivity index (χ1n) is 11.9. The smallest absolute Gasteiger partial charge is 0.261 e. The number of halogens is 2. The van der Waals surface area contributed by atoms with E-state index in [0.29, 0.717) is 33.5 Å². The predicted octanol–water partition coefficient (Wildman–Crippen LogP) is 5.94. The van der Waals surface area contributed by atoms with Crippen LogP contribution in [-0.2, 0) is 22.6 Å². The van der Waals surface area contributed by atoms with E-state index in [0.717, 1.165) is 5.56 Å². The van der Waals surface area contributed by atoms with Crippen LogP contribution in [0.1, 0.15) is 31.9 Å². The first-order valence-corrected chi connectivity index (χ1v) is 12.7. The van der Waals surface area contributed by atoms with Gasteiger partial charge in [0.15, 0.2) is 6.61 Å². The number of carbonyl (C=O) groups is 2. The molecule has 0 radical (unpaired) electrons. The van der Waals surface area contributed by atoms with Crippen LogP contribution in [0.4, 0.5) is 0 Å². The van der Waals surface area contributed by atoms with Gasteiger partial charge in [-0.05, 0) is 62.7 Å². The molecule has 196 valence electrons. The molecule has 0 aliphatic carbocycles. The summed E-state index contributed by atoms with van der Waals surface area (Å²) in [6.07, 6.45) is 0.305. The zero-order valence-electron chi connectivity index (χ0n) is 21.5. The Morgan fingerprint density at radius 3 is 2.05 bits per heavy atom. The SMILES string of the molecule is COc1ccc(OCC(=O)N(Cc2c(Cl)cccc2Cl)[C@@H](Cc2ccccc2)C(=O)NC(C)(C)C)cc1. The molecule has 0 aromatic heterocycles. The molecule has 3 aromatic rings. The quantitative estimate of drug-likeness (QED) is 0.344. The number of carbonyl (C=O) groups excluding carboxylic acids is 2. The fourth-order valence-corrected chi connectivity index (χ4v) is 4.28. The molecule has 0 aliphatic rings. The molecule has 2 amide bonds. The van der Waals surface area contributed by atoms with Gasteiger partial charge in [0.1, 0.15) is 17.5 Å². The Labute approximate surface area is 228 Å². The maximum absolute atomic E-state index is 13.7. The van der Waals surface area contributed by atoms with Crippen molar-refractivity contribution in [3.05, 3.63) is 94.0 Å². The van der Waals surface area contributed by atoms with E-state index in [2.05, 4.69) is 5.32 Å². The Morgan fingerprint density at radius 1 is 0.892 bits per heavy atom. The van der Waals surface area contributed by atoms with E-state index < -0.39 is 11.6 Å². The highest BCUT2D eigenvalue weighted by Crippen LogP contribution is 2.27. The molecule has 0 saturated heterocycles. The van der Waals surface area contributed by atoms with Crippen molar-refractivity contribution in [2.24, 2.45) is 0 Å². The third-order valence-corrected chi connectivity index (χ3v) is 6.29. The van der Waals surface area contributed by atoms with Crippen molar-refractivity contribution in [1.29, 1.82) is 0 Å². The van der Waals surface area contributed by atoms with Crippen molar-refractivity contribution in [3.63, 3.8) is 0 Å². The fourth-order valence-electron chi connectivity index (χ4n) is 3.76. The predicted molar refractivity (Wildman–Crippen MR) is 147 cm³/mol. The lowest BCUT2D eigenvalue weighted by Crippen LogP contribution is -2.55. The highest BCUT2D eigenvalue weighted by Gasteiger charge is 2.33. The highest BCUT2D eigenvalue weighted by molar-refractivity contribution is 6.36. The minimum atomic E-state index is -0.832. The van der Waals surface area contributed by atoms with Crippen molar-refractivity contribution in [2.45, 2.75) is 45.3 Å². The molecule has 3 aromatic carbocycles. The van der Waals surface area contributed by atoms with E-state index in [-0.39, 0.29) is 25.0 Å². The van der Waals surface area contributed by atoms with Gasteiger partial charge in [0.05, 0.1) is 7.11 Å². The van der Waals surface area contributed by atoms with Gasteiger partial charge < -0.3 is 19.7 Å². The standard InChI is InChI=1S/C29H32Cl2N2O4/c1-29(2,3)32-28(35)26(17-20-9-6-5-7-10-20)33(18-23-24(30)11-8-12-25(23)31)27(34)19-37-22-15-13-21(36-4)14-16-22/h5-16,26H,17-19H2,1-4H3,(H,32,35)/t26-/m0/s1. The van der Waals surface area contributed by atoms with Crippen LogP contribution in [0, 0.1) is 0 Å². The molecule has 37 heavy (non-hydrogen) atoms. The second-order valence-corrected chi connectivity index (χ2v) is 10.4. The number of benzene rings is 3. The second-order valence-electron chi connectivity index (χ2n) is 9.63. The summed E-state index contributed by atoms with van der Waals surface area (Å²) in [5.74, 6) is 0.521. The van der Waals surface area contributed by atoms with Gasteiger partial charge in [-0.25, -0.2) is 0 Å². The maximum Gasteiger partial charge on any atom is 0.261 e. The molecule has 0 fully saturated rings. The molecule has 6 nitrogen and oxygen atoms in total. The van der Waals surface area contributed by atoms with Crippen LogP contribution >= 0.6 is 23.2 Å². The average Bonchev–Trinajstić information content (AvgIpc) is 2.86. The lowest BCUT2D eigenvalue weighted by Gasteiger charge is -2.34. The topological polar surface area (TPSA) is 67.9 Å². The van der Waals surface area contributed by atoms with Crippen molar-refractivity contribution >= 4 is 35.0 Å². The van der Waals surface area contributed by atoms with Gasteiger partial charge in [0, 0.05) is 34.1 Å². The summed E-state index contributed by atoms with van der Waals surface area (Å²) in [7, 11) is 1.58. The Bertz CT molecular complexity index is 1170. The minimum Gasteiger partial charge on any atom is -0.497 e. The first kappa shape index (κ1) is 28.4. The van der Waals surface area contributed by atoms with Crippen molar-refractivity contribution in [3.8, 4) is 11.5 Å². The zero-order valence-corrected chi connectivity index (χ0v) is 23.0. The molecule has 0 heterocycles. The van der Waals surface area contributed by atoms with Gasteiger partial charge in [-0.15, -0.1) is 0 Å². The first-order chi connectivity index (χ1) is 17.6. The average molecular weight is 543 g/mol. The Balaban J connectivity index is 1.96. The van der Waals surface area contributed by atoms with Gasteiger partial charge in [-0.1, -0.05) is 59.6 Å². The lowest BCUT2D eigenvalue weighted by atomic mass is 10.0. The molecule has 0 aliphatic heterocycles. The number of nitrogens with one attached hydrogen (secondary N) is 1. The number of methoxy groups -OCH3 is 1. The Morgan fingerprint density at radius 2 is 1.49 bits per heavy atom. The zero-order chi connectivity index (χ0) is 27.0. The Kier molecular flexibility index (Phi) is 9.84. The molecule has 1 atom stereocenters. The number of ether oxygens (including phenoxy) is 2. The van der Waals surface area contributed by atoms with Crippen molar-refractivity contribution in [2.75, 3.05) is 13.7 Å². The molecule has 3 rings (SSSR count). The van der Waals surface area contributed by atoms with Gasteiger partial charge in [0.25, 0.3) is 5.91 Å². The number of nitrogens with zero attached hydrogens (tertiary/aromatic N) is 1. The van der Waals surface area contributed by atoms with Gasteiger partial charge in [0.2, 0.25) is 5.91 Å². The molecule has 0 spiro atoms. The van der Waals surface area contributed by atoms with Crippen LogP contribution in [0.25, 0.3) is 0 Å². The molecule has 8 heteroatoms. The normalized spacial score (nSPS) is 11.9. The Hall–Kier alpha value is -3.22. The molecule has 1 N–H and O–H groups in total. The third kappa shape index (κ3) is 8.41. The van der Waals surface area contributed by atoms with E-state index in [1.807, 2.05) is 51.1 Å². The fraction of sp³-hybridized carbons (Fsp3) is 0.310. The summed E-state index contributed by atoms with van der Waals surface area (Å²) >= 11 is 12.9. The minimum absolute atomic E-state index is 0.0401. The molecule has 0 saturated carbocycles. The van der Waals surface area contributed by atoms with Crippen LogP contribution in [-0.4, -0.2) is 42.0 Å². The summed E-state index contributed by atoms with van der Waals surface area (Å²) in [6, 6.07) is 20.8. The van der Waals surface area contributed by atoms with Crippen LogP contribution in [0.2, 0.25) is 10.0 Å². The summed E-state index contributed by atoms with van der Waals surface area (Å²) in [4.78, 5) is 28.8. The summed E-state index contributed by atoms with van der Waals surface area (Å²) in [5.41, 5.74) is 0.975. The number of hydrogen-bond donors (Lipinski definition) is 1. The molecule has 0 unspecified atom stereocenters. The monoisotopic (exact) mass is 542 g/mol. The molecular formula is C29H32Cl2N2O4. The van der Waals surface area contributed by atoms with Crippen LogP contribution in [0.3, 0.4) is 0 Å². The van der Waals surface area contributed by atoms with Gasteiger partial charge >= 0.3 is 0 Å². The van der Waals surface area contributed by atoms with E-state index in [1.54, 1.807) is 49.6 Å². The summed E-state index contributed by atoms with van der Waals surface area (Å²) in [5, 5.41) is 3.85.